The van der Waals surface area contributed by atoms with E-state index < -0.39 is 0 Å². The van der Waals surface area contributed by atoms with Gasteiger partial charge in [0.25, 0.3) is 5.91 Å². The number of carbonyl (C=O) groups is 2. The highest BCUT2D eigenvalue weighted by molar-refractivity contribution is 7.17. The van der Waals surface area contributed by atoms with Crippen LogP contribution < -0.4 is 10.2 Å². The molecule has 4 aromatic rings. The maximum Gasteiger partial charge on any atom is 0.270 e. The number of hydrogen-bond donors (Lipinski definition) is 2. The molecular formula is C19H17N5O3S. The lowest BCUT2D eigenvalue weighted by Gasteiger charge is -2.16. The van der Waals surface area contributed by atoms with Crippen molar-refractivity contribution in [1.82, 2.24) is 15.0 Å². The number of anilines is 2. The minimum atomic E-state index is -0.332. The van der Waals surface area contributed by atoms with E-state index >= 15 is 0 Å². The van der Waals surface area contributed by atoms with Crippen LogP contribution in [0.3, 0.4) is 0 Å². The standard InChI is InChI=1S/C19H17N5O3S/c1-11-16(17(26)23-18-21-14-7-3-4-8-15(14)22-18)28-19(20-11)24(12(2)25)10-13-6-5-9-27-13/h3-9H,10H2,1-2H3,(H2,21,22,23,26). The van der Waals surface area contributed by atoms with Crippen molar-refractivity contribution in [1.29, 1.82) is 0 Å². The van der Waals surface area contributed by atoms with Crippen LogP contribution in [0.2, 0.25) is 0 Å². The Morgan fingerprint density at radius 3 is 2.75 bits per heavy atom. The predicted molar refractivity (Wildman–Crippen MR) is 106 cm³/mol. The van der Waals surface area contributed by atoms with Gasteiger partial charge in [0.1, 0.15) is 10.6 Å². The van der Waals surface area contributed by atoms with E-state index in [0.717, 1.165) is 22.4 Å². The average Bonchev–Trinajstić information content (AvgIpc) is 3.38. The largest absolute Gasteiger partial charge is 0.467 e. The molecule has 3 heterocycles. The quantitative estimate of drug-likeness (QED) is 0.536. The maximum atomic E-state index is 12.7. The molecule has 0 aliphatic rings. The number of aryl methyl sites for hydroxylation is 1. The van der Waals surface area contributed by atoms with Gasteiger partial charge in [0, 0.05) is 6.92 Å². The predicted octanol–water partition coefficient (Wildman–Crippen LogP) is 3.73. The molecule has 0 fully saturated rings. The first kappa shape index (κ1) is 17.9. The van der Waals surface area contributed by atoms with Crippen molar-refractivity contribution in [3.8, 4) is 0 Å². The first-order chi connectivity index (χ1) is 13.5. The zero-order valence-electron chi connectivity index (χ0n) is 15.2. The van der Waals surface area contributed by atoms with Crippen molar-refractivity contribution >= 4 is 45.3 Å². The van der Waals surface area contributed by atoms with Gasteiger partial charge in [0.2, 0.25) is 11.9 Å². The molecule has 8 nitrogen and oxygen atoms in total. The van der Waals surface area contributed by atoms with Crippen LogP contribution in [0.4, 0.5) is 11.1 Å². The zero-order chi connectivity index (χ0) is 19.7. The highest BCUT2D eigenvalue weighted by Gasteiger charge is 2.22. The van der Waals surface area contributed by atoms with E-state index in [0.29, 0.717) is 27.4 Å². The van der Waals surface area contributed by atoms with Gasteiger partial charge in [-0.2, -0.15) is 0 Å². The van der Waals surface area contributed by atoms with Crippen LogP contribution in [-0.4, -0.2) is 26.8 Å². The van der Waals surface area contributed by atoms with E-state index in [4.69, 9.17) is 4.42 Å². The van der Waals surface area contributed by atoms with Crippen LogP contribution in [0.1, 0.15) is 28.0 Å². The molecule has 0 unspecified atom stereocenters. The summed E-state index contributed by atoms with van der Waals surface area (Å²) in [6.45, 7) is 3.44. The number of rotatable bonds is 5. The zero-order valence-corrected chi connectivity index (χ0v) is 16.0. The molecule has 2 N–H and O–H groups in total. The summed E-state index contributed by atoms with van der Waals surface area (Å²) in [6, 6.07) is 11.0. The summed E-state index contributed by atoms with van der Waals surface area (Å²) in [6.07, 6.45) is 1.55. The van der Waals surface area contributed by atoms with E-state index in [1.807, 2.05) is 24.3 Å². The van der Waals surface area contributed by atoms with Crippen molar-refractivity contribution in [2.24, 2.45) is 0 Å². The number of fused-ring (bicyclic) bond motifs is 1. The lowest BCUT2D eigenvalue weighted by atomic mass is 10.3. The number of carbonyl (C=O) groups excluding carboxylic acids is 2. The second kappa shape index (κ2) is 7.28. The summed E-state index contributed by atoms with van der Waals surface area (Å²) in [5.74, 6) is 0.479. The third-order valence-corrected chi connectivity index (χ3v) is 5.30. The van der Waals surface area contributed by atoms with Crippen molar-refractivity contribution in [2.75, 3.05) is 10.2 Å². The van der Waals surface area contributed by atoms with Gasteiger partial charge in [-0.05, 0) is 31.2 Å². The van der Waals surface area contributed by atoms with Gasteiger partial charge in [-0.1, -0.05) is 23.5 Å². The van der Waals surface area contributed by atoms with E-state index in [1.165, 1.54) is 11.8 Å². The third kappa shape index (κ3) is 3.52. The van der Waals surface area contributed by atoms with Crippen LogP contribution in [0.25, 0.3) is 11.0 Å². The number of H-pyrrole nitrogens is 1. The number of para-hydroxylation sites is 2. The Kier molecular flexibility index (Phi) is 4.66. The lowest BCUT2D eigenvalue weighted by molar-refractivity contribution is -0.116. The van der Waals surface area contributed by atoms with Crippen molar-refractivity contribution < 1.29 is 14.0 Å². The van der Waals surface area contributed by atoms with Gasteiger partial charge in [-0.3, -0.25) is 19.8 Å². The van der Waals surface area contributed by atoms with Gasteiger partial charge < -0.3 is 9.40 Å². The van der Waals surface area contributed by atoms with Gasteiger partial charge >= 0.3 is 0 Å². The third-order valence-electron chi connectivity index (χ3n) is 4.12. The van der Waals surface area contributed by atoms with Gasteiger partial charge in [0.05, 0.1) is 29.5 Å². The van der Waals surface area contributed by atoms with Crippen LogP contribution in [0.5, 0.6) is 0 Å². The maximum absolute atomic E-state index is 12.7. The normalized spacial score (nSPS) is 10.9. The number of benzene rings is 1. The van der Waals surface area contributed by atoms with Gasteiger partial charge in [0.15, 0.2) is 5.13 Å². The number of aromatic amines is 1. The van der Waals surface area contributed by atoms with Crippen molar-refractivity contribution in [3.05, 3.63) is 59.0 Å². The number of nitrogens with zero attached hydrogens (tertiary/aromatic N) is 3. The molecule has 0 radical (unpaired) electrons. The monoisotopic (exact) mass is 395 g/mol. The Bertz CT molecular complexity index is 1110. The molecule has 0 aliphatic heterocycles. The molecule has 0 saturated carbocycles. The fraction of sp³-hybridized carbons (Fsp3) is 0.158. The summed E-state index contributed by atoms with van der Waals surface area (Å²) >= 11 is 1.15. The van der Waals surface area contributed by atoms with Crippen LogP contribution in [-0.2, 0) is 11.3 Å². The molecule has 1 aromatic carbocycles. The smallest absolute Gasteiger partial charge is 0.270 e. The van der Waals surface area contributed by atoms with Gasteiger partial charge in [-0.25, -0.2) is 9.97 Å². The summed E-state index contributed by atoms with van der Waals surface area (Å²) < 4.78 is 5.32. The molecule has 0 bridgehead atoms. The Labute approximate surface area is 164 Å². The second-order valence-corrected chi connectivity index (χ2v) is 7.13. The number of amides is 2. The van der Waals surface area contributed by atoms with Gasteiger partial charge in [-0.15, -0.1) is 0 Å². The Morgan fingerprint density at radius 1 is 1.21 bits per heavy atom. The highest BCUT2D eigenvalue weighted by Crippen LogP contribution is 2.28. The first-order valence-electron chi connectivity index (χ1n) is 8.55. The highest BCUT2D eigenvalue weighted by atomic mass is 32.1. The fourth-order valence-electron chi connectivity index (χ4n) is 2.76. The summed E-state index contributed by atoms with van der Waals surface area (Å²) in [5.41, 5.74) is 2.14. The number of thiazole rings is 1. The molecular weight excluding hydrogens is 378 g/mol. The summed E-state index contributed by atoms with van der Waals surface area (Å²) in [5, 5.41) is 3.20. The van der Waals surface area contributed by atoms with Crippen molar-refractivity contribution in [3.63, 3.8) is 0 Å². The van der Waals surface area contributed by atoms with E-state index in [9.17, 15) is 9.59 Å². The van der Waals surface area contributed by atoms with Crippen LogP contribution in [0, 0.1) is 6.92 Å². The van der Waals surface area contributed by atoms with Crippen LogP contribution >= 0.6 is 11.3 Å². The fourth-order valence-corrected chi connectivity index (χ4v) is 3.76. The second-order valence-electron chi connectivity index (χ2n) is 6.15. The molecule has 0 saturated heterocycles. The topological polar surface area (TPSA) is 104 Å². The number of imidazole rings is 1. The lowest BCUT2D eigenvalue weighted by Crippen LogP contribution is -2.27. The molecule has 0 atom stereocenters. The molecule has 28 heavy (non-hydrogen) atoms. The number of nitrogens with one attached hydrogen (secondary N) is 2. The molecule has 4 rings (SSSR count). The van der Waals surface area contributed by atoms with E-state index in [1.54, 1.807) is 25.3 Å². The Hall–Kier alpha value is -3.46. The minimum Gasteiger partial charge on any atom is -0.467 e. The summed E-state index contributed by atoms with van der Waals surface area (Å²) in [4.78, 5) is 38.5. The molecule has 2 amide bonds. The number of aromatic nitrogens is 3. The molecule has 142 valence electrons. The molecule has 0 aliphatic carbocycles. The summed E-state index contributed by atoms with van der Waals surface area (Å²) in [7, 11) is 0. The number of hydrogen-bond acceptors (Lipinski definition) is 6. The SMILES string of the molecule is CC(=O)N(Cc1ccco1)c1nc(C)c(C(=O)Nc2nc3ccccc3[nH]2)s1. The first-order valence-corrected chi connectivity index (χ1v) is 9.37. The Morgan fingerprint density at radius 2 is 2.04 bits per heavy atom. The Balaban J connectivity index is 1.57. The minimum absolute atomic E-state index is 0.186. The van der Waals surface area contributed by atoms with E-state index in [2.05, 4.69) is 20.3 Å². The van der Waals surface area contributed by atoms with Crippen LogP contribution in [0.15, 0.2) is 47.1 Å². The molecule has 9 heteroatoms. The molecule has 3 aromatic heterocycles. The van der Waals surface area contributed by atoms with E-state index in [-0.39, 0.29) is 18.4 Å². The van der Waals surface area contributed by atoms with Crippen molar-refractivity contribution in [2.45, 2.75) is 20.4 Å². The average molecular weight is 395 g/mol. The number of furan rings is 1. The molecule has 0 spiro atoms.